The summed E-state index contributed by atoms with van der Waals surface area (Å²) in [5.74, 6) is -1.07. The second-order valence-electron chi connectivity index (χ2n) is 20.6. The molecular formula is C71H116O6. The molecule has 0 aliphatic heterocycles. The lowest BCUT2D eigenvalue weighted by Crippen LogP contribution is -2.30. The zero-order valence-electron chi connectivity index (χ0n) is 49.9. The molecule has 1 unspecified atom stereocenters. The van der Waals surface area contributed by atoms with Gasteiger partial charge in [0.1, 0.15) is 13.2 Å². The van der Waals surface area contributed by atoms with Gasteiger partial charge in [-0.15, -0.1) is 0 Å². The van der Waals surface area contributed by atoms with Gasteiger partial charge in [0.05, 0.1) is 6.42 Å². The number of hydrogen-bond acceptors (Lipinski definition) is 6. The molecule has 0 aromatic rings. The number of esters is 3. The molecule has 0 spiro atoms. The zero-order valence-corrected chi connectivity index (χ0v) is 49.9. The van der Waals surface area contributed by atoms with Crippen LogP contribution in [0.5, 0.6) is 0 Å². The highest BCUT2D eigenvalue weighted by atomic mass is 16.6. The van der Waals surface area contributed by atoms with Gasteiger partial charge in [0.25, 0.3) is 0 Å². The van der Waals surface area contributed by atoms with Crippen LogP contribution in [-0.2, 0) is 28.6 Å². The quantitative estimate of drug-likeness (QED) is 0.0261. The number of rotatable bonds is 56. The van der Waals surface area contributed by atoms with Crippen molar-refractivity contribution in [2.75, 3.05) is 13.2 Å². The van der Waals surface area contributed by atoms with Crippen LogP contribution >= 0.6 is 0 Å². The summed E-state index contributed by atoms with van der Waals surface area (Å²) in [4.78, 5) is 38.2. The molecule has 6 nitrogen and oxygen atoms in total. The lowest BCUT2D eigenvalue weighted by Gasteiger charge is -2.18. The van der Waals surface area contributed by atoms with Crippen LogP contribution in [0.3, 0.4) is 0 Å². The first kappa shape index (κ1) is 72.5. The minimum absolute atomic E-state index is 0.118. The lowest BCUT2D eigenvalue weighted by molar-refractivity contribution is -0.166. The Labute approximate surface area is 475 Å². The van der Waals surface area contributed by atoms with Crippen LogP contribution in [-0.4, -0.2) is 37.2 Å². The minimum Gasteiger partial charge on any atom is -0.462 e. The second-order valence-corrected chi connectivity index (χ2v) is 20.6. The van der Waals surface area contributed by atoms with Crippen LogP contribution in [0.1, 0.15) is 278 Å². The Bertz CT molecular complexity index is 1650. The Balaban J connectivity index is 4.46. The monoisotopic (exact) mass is 1060 g/mol. The van der Waals surface area contributed by atoms with Crippen molar-refractivity contribution in [1.82, 2.24) is 0 Å². The summed E-state index contributed by atoms with van der Waals surface area (Å²) in [6.07, 6.45) is 90.5. The first-order valence-electron chi connectivity index (χ1n) is 31.7. The summed E-state index contributed by atoms with van der Waals surface area (Å²) < 4.78 is 16.8. The third-order valence-corrected chi connectivity index (χ3v) is 13.1. The van der Waals surface area contributed by atoms with Crippen molar-refractivity contribution in [3.05, 3.63) is 134 Å². The average molecular weight is 1070 g/mol. The highest BCUT2D eigenvalue weighted by Gasteiger charge is 2.19. The van der Waals surface area contributed by atoms with Crippen LogP contribution in [0.25, 0.3) is 0 Å². The van der Waals surface area contributed by atoms with Crippen LogP contribution < -0.4 is 0 Å². The van der Waals surface area contributed by atoms with Crippen molar-refractivity contribution < 1.29 is 28.6 Å². The van der Waals surface area contributed by atoms with E-state index in [0.29, 0.717) is 6.42 Å². The van der Waals surface area contributed by atoms with E-state index in [0.717, 1.165) is 109 Å². The summed E-state index contributed by atoms with van der Waals surface area (Å²) >= 11 is 0. The van der Waals surface area contributed by atoms with Gasteiger partial charge in [-0.1, -0.05) is 270 Å². The number of ether oxygens (including phenoxy) is 3. The van der Waals surface area contributed by atoms with Gasteiger partial charge in [-0.05, 0) is 122 Å². The topological polar surface area (TPSA) is 78.9 Å². The maximum absolute atomic E-state index is 12.9. The Hall–Kier alpha value is -4.45. The largest absolute Gasteiger partial charge is 0.462 e. The van der Waals surface area contributed by atoms with Gasteiger partial charge < -0.3 is 14.2 Å². The van der Waals surface area contributed by atoms with Gasteiger partial charge in [0.2, 0.25) is 0 Å². The fourth-order valence-corrected chi connectivity index (χ4v) is 8.41. The van der Waals surface area contributed by atoms with Gasteiger partial charge in [-0.25, -0.2) is 0 Å². The predicted molar refractivity (Wildman–Crippen MR) is 334 cm³/mol. The van der Waals surface area contributed by atoms with Crippen molar-refractivity contribution in [2.45, 2.75) is 284 Å². The first-order chi connectivity index (χ1) is 38.0. The van der Waals surface area contributed by atoms with E-state index in [1.807, 2.05) is 6.08 Å². The first-order valence-corrected chi connectivity index (χ1v) is 31.7. The van der Waals surface area contributed by atoms with E-state index in [9.17, 15) is 14.4 Å². The molecule has 1 atom stereocenters. The maximum atomic E-state index is 12.9. The predicted octanol–water partition coefficient (Wildman–Crippen LogP) is 21.8. The van der Waals surface area contributed by atoms with Gasteiger partial charge in [0.15, 0.2) is 6.10 Å². The number of allylic oxidation sites excluding steroid dienone is 21. The number of carbonyl (C=O) groups excluding carboxylic acids is 3. The molecule has 0 fully saturated rings. The molecule has 0 aromatic carbocycles. The molecule has 0 rings (SSSR count). The summed E-state index contributed by atoms with van der Waals surface area (Å²) in [5.41, 5.74) is 0. The minimum atomic E-state index is -0.833. The SMILES string of the molecule is CC/C=C\C/C=C\C/C=C\C/C=C\C/C=C\CC(=O)OCC(COC(=O)CCCCCCCCCCCC/C=C\C/C=C\C/C=C\CCCCCCC)OC(=O)CCCCCCCC/C=C\C/C=C\C/C=C\CCCCC. The molecule has 6 heteroatoms. The van der Waals surface area contributed by atoms with Gasteiger partial charge in [-0.3, -0.25) is 14.4 Å². The standard InChI is InChI=1S/C71H116O6/c1-4-7-10-13-16-19-22-25-28-30-32-33-34-35-36-37-39-40-43-46-49-52-55-58-61-64-70(73)76-67-68(66-75-69(72)63-60-57-54-51-48-45-42-27-24-21-18-15-12-9-6-3)77-71(74)65-62-59-56-53-50-47-44-41-38-31-29-26-23-20-17-14-11-8-5-2/h9,12,17-18,20-22,25-27,29-30,32,34-35,38,41-42,48,51,57,60,68H,4-8,10-11,13-16,19,23-24,28,31,33,36-37,39-40,43-47,49-50,52-56,58-59,61-67H2,1-3H3/b12-9-,20-17-,21-18-,25-22-,29-26-,32-30-,35-34-,41-38-,42-27-,51-48-,60-57-. The molecule has 436 valence electrons. The highest BCUT2D eigenvalue weighted by Crippen LogP contribution is 2.15. The summed E-state index contributed by atoms with van der Waals surface area (Å²) in [6, 6.07) is 0. The van der Waals surface area contributed by atoms with Crippen molar-refractivity contribution in [1.29, 1.82) is 0 Å². The molecule has 0 saturated heterocycles. The van der Waals surface area contributed by atoms with Crippen molar-refractivity contribution in [3.63, 3.8) is 0 Å². The lowest BCUT2D eigenvalue weighted by atomic mass is 10.1. The van der Waals surface area contributed by atoms with Crippen LogP contribution in [0.15, 0.2) is 134 Å². The molecule has 0 amide bonds. The van der Waals surface area contributed by atoms with E-state index in [-0.39, 0.29) is 38.0 Å². The number of hydrogen-bond donors (Lipinski definition) is 0. The van der Waals surface area contributed by atoms with E-state index < -0.39 is 12.1 Å². The van der Waals surface area contributed by atoms with Crippen molar-refractivity contribution >= 4 is 17.9 Å². The van der Waals surface area contributed by atoms with E-state index in [1.54, 1.807) is 6.08 Å². The van der Waals surface area contributed by atoms with Crippen LogP contribution in [0.2, 0.25) is 0 Å². The molecule has 0 aromatic heterocycles. The van der Waals surface area contributed by atoms with E-state index in [4.69, 9.17) is 14.2 Å². The Morgan fingerprint density at radius 3 is 0.935 bits per heavy atom. The summed E-state index contributed by atoms with van der Waals surface area (Å²) in [5, 5.41) is 0. The maximum Gasteiger partial charge on any atom is 0.309 e. The molecule has 0 N–H and O–H groups in total. The van der Waals surface area contributed by atoms with Crippen molar-refractivity contribution in [3.8, 4) is 0 Å². The third kappa shape index (κ3) is 62.3. The average Bonchev–Trinajstić information content (AvgIpc) is 3.43. The Morgan fingerprint density at radius 2 is 0.558 bits per heavy atom. The molecule has 77 heavy (non-hydrogen) atoms. The van der Waals surface area contributed by atoms with Crippen molar-refractivity contribution in [2.24, 2.45) is 0 Å². The molecule has 0 radical (unpaired) electrons. The zero-order chi connectivity index (χ0) is 55.7. The van der Waals surface area contributed by atoms with E-state index in [1.165, 1.54) is 128 Å². The van der Waals surface area contributed by atoms with E-state index >= 15 is 0 Å². The molecule has 0 heterocycles. The van der Waals surface area contributed by atoms with E-state index in [2.05, 4.69) is 142 Å². The highest BCUT2D eigenvalue weighted by molar-refractivity contribution is 5.72. The molecule has 0 aliphatic rings. The number of unbranched alkanes of at least 4 members (excludes halogenated alkanes) is 24. The second kappa shape index (κ2) is 64.1. The number of carbonyl (C=O) groups is 3. The van der Waals surface area contributed by atoms with Gasteiger partial charge >= 0.3 is 17.9 Å². The molecule has 0 saturated carbocycles. The fourth-order valence-electron chi connectivity index (χ4n) is 8.41. The molecule has 0 aliphatic carbocycles. The summed E-state index contributed by atoms with van der Waals surface area (Å²) in [6.45, 7) is 6.39. The Kier molecular flexibility index (Phi) is 60.4. The molecule has 0 bridgehead atoms. The van der Waals surface area contributed by atoms with Gasteiger partial charge in [-0.2, -0.15) is 0 Å². The van der Waals surface area contributed by atoms with Gasteiger partial charge in [0, 0.05) is 12.8 Å². The fraction of sp³-hybridized carbons (Fsp3) is 0.648. The summed E-state index contributed by atoms with van der Waals surface area (Å²) in [7, 11) is 0. The Morgan fingerprint density at radius 1 is 0.286 bits per heavy atom. The molecular weight excluding hydrogens is 949 g/mol. The van der Waals surface area contributed by atoms with Crippen LogP contribution in [0.4, 0.5) is 0 Å². The third-order valence-electron chi connectivity index (χ3n) is 13.1. The van der Waals surface area contributed by atoms with Crippen LogP contribution in [0, 0.1) is 0 Å². The smallest absolute Gasteiger partial charge is 0.309 e. The normalized spacial score (nSPS) is 13.0.